The number of aryl methyl sites for hydroxylation is 1. The monoisotopic (exact) mass is 364 g/mol. The lowest BCUT2D eigenvalue weighted by Gasteiger charge is -2.31. The summed E-state index contributed by atoms with van der Waals surface area (Å²) >= 11 is 1.61. The number of benzene rings is 1. The molecular formula is C21H24N4S. The number of aromatic nitrogens is 1. The lowest BCUT2D eigenvalue weighted by atomic mass is 10.1. The minimum absolute atomic E-state index is 0.313. The molecule has 4 N–H and O–H groups in total. The zero-order valence-corrected chi connectivity index (χ0v) is 15.8. The summed E-state index contributed by atoms with van der Waals surface area (Å²) in [5, 5.41) is 3.03. The van der Waals surface area contributed by atoms with Gasteiger partial charge in [-0.15, -0.1) is 11.3 Å². The van der Waals surface area contributed by atoms with Crippen molar-refractivity contribution in [3.63, 3.8) is 0 Å². The molecule has 2 aromatic heterocycles. The fourth-order valence-electron chi connectivity index (χ4n) is 3.37. The molecule has 0 radical (unpaired) electrons. The lowest BCUT2D eigenvalue weighted by Crippen LogP contribution is -2.40. The van der Waals surface area contributed by atoms with Crippen LogP contribution in [0.1, 0.15) is 29.5 Å². The maximum atomic E-state index is 6.22. The smallest absolute Gasteiger partial charge is 0.130 e. The maximum absolute atomic E-state index is 6.22. The van der Waals surface area contributed by atoms with E-state index in [0.29, 0.717) is 6.04 Å². The van der Waals surface area contributed by atoms with Gasteiger partial charge in [0.05, 0.1) is 5.69 Å². The molecule has 1 aliphatic heterocycles. The van der Waals surface area contributed by atoms with Gasteiger partial charge in [0.1, 0.15) is 10.6 Å². The van der Waals surface area contributed by atoms with E-state index < -0.39 is 0 Å². The molecule has 4 rings (SSSR count). The number of rotatable bonds is 3. The number of nitrogens with zero attached hydrogens (tertiary/aromatic N) is 2. The molecule has 0 aliphatic carbocycles. The van der Waals surface area contributed by atoms with E-state index in [9.17, 15) is 0 Å². The minimum atomic E-state index is 0.313. The van der Waals surface area contributed by atoms with Crippen LogP contribution in [-0.2, 0) is 0 Å². The fourth-order valence-corrected chi connectivity index (χ4v) is 4.22. The summed E-state index contributed by atoms with van der Waals surface area (Å²) < 4.78 is 0. The van der Waals surface area contributed by atoms with Gasteiger partial charge in [0.25, 0.3) is 0 Å². The van der Waals surface area contributed by atoms with Gasteiger partial charge in [0, 0.05) is 29.9 Å². The highest BCUT2D eigenvalue weighted by Gasteiger charge is 2.19. The van der Waals surface area contributed by atoms with Crippen LogP contribution in [0.3, 0.4) is 0 Å². The Kier molecular flexibility index (Phi) is 4.66. The molecule has 3 heterocycles. The number of thiophene rings is 1. The zero-order chi connectivity index (χ0) is 18.1. The predicted molar refractivity (Wildman–Crippen MR) is 114 cm³/mol. The molecule has 1 aliphatic rings. The Morgan fingerprint density at radius 3 is 2.62 bits per heavy atom. The number of piperidine rings is 1. The van der Waals surface area contributed by atoms with Crippen LogP contribution in [-0.4, -0.2) is 24.1 Å². The Morgan fingerprint density at radius 2 is 1.88 bits per heavy atom. The van der Waals surface area contributed by atoms with Gasteiger partial charge in [-0.1, -0.05) is 42.0 Å². The number of hydrogen-bond donors (Lipinski definition) is 2. The third kappa shape index (κ3) is 3.45. The quantitative estimate of drug-likeness (QED) is 0.728. The first kappa shape index (κ1) is 17.1. The first-order chi connectivity index (χ1) is 12.6. The van der Waals surface area contributed by atoms with Gasteiger partial charge in [-0.05, 0) is 37.0 Å². The van der Waals surface area contributed by atoms with Gasteiger partial charge < -0.3 is 16.4 Å². The molecule has 1 fully saturated rings. The summed E-state index contributed by atoms with van der Waals surface area (Å²) in [4.78, 5) is 8.20. The van der Waals surface area contributed by atoms with Crippen molar-refractivity contribution in [1.82, 2.24) is 4.98 Å². The van der Waals surface area contributed by atoms with Crippen molar-refractivity contribution in [1.29, 1.82) is 0 Å². The topological polar surface area (TPSA) is 68.2 Å². The van der Waals surface area contributed by atoms with Gasteiger partial charge in [-0.2, -0.15) is 0 Å². The Hall–Kier alpha value is -2.37. The largest absolute Gasteiger partial charge is 0.397 e. The van der Waals surface area contributed by atoms with Crippen LogP contribution in [0.2, 0.25) is 0 Å². The van der Waals surface area contributed by atoms with Crippen LogP contribution < -0.4 is 16.4 Å². The molecule has 0 unspecified atom stereocenters. The Labute approximate surface area is 158 Å². The Balaban J connectivity index is 1.72. The number of nitrogens with two attached hydrogens (primary N) is 2. The molecule has 4 nitrogen and oxygen atoms in total. The molecule has 0 amide bonds. The average Bonchev–Trinajstić information content (AvgIpc) is 3.03. The van der Waals surface area contributed by atoms with E-state index in [-0.39, 0.29) is 0 Å². The molecule has 0 spiro atoms. The number of anilines is 2. The second-order valence-corrected chi connectivity index (χ2v) is 7.87. The lowest BCUT2D eigenvalue weighted by molar-refractivity contribution is 0.499. The molecule has 134 valence electrons. The summed E-state index contributed by atoms with van der Waals surface area (Å²) in [6, 6.07) is 11.0. The zero-order valence-electron chi connectivity index (χ0n) is 15.0. The van der Waals surface area contributed by atoms with Crippen LogP contribution in [0.25, 0.3) is 22.4 Å². The van der Waals surface area contributed by atoms with E-state index in [1.54, 1.807) is 11.3 Å². The molecule has 5 heteroatoms. The summed E-state index contributed by atoms with van der Waals surface area (Å²) in [5.41, 5.74) is 16.6. The normalized spacial score (nSPS) is 16.0. The van der Waals surface area contributed by atoms with Crippen molar-refractivity contribution in [2.45, 2.75) is 25.8 Å². The first-order valence-electron chi connectivity index (χ1n) is 9.03. The molecule has 26 heavy (non-hydrogen) atoms. The van der Waals surface area contributed by atoms with Crippen LogP contribution in [0, 0.1) is 6.92 Å². The highest BCUT2D eigenvalue weighted by Crippen LogP contribution is 2.34. The molecule has 0 saturated carbocycles. The van der Waals surface area contributed by atoms with Crippen LogP contribution in [0.5, 0.6) is 0 Å². The first-order valence-corrected chi connectivity index (χ1v) is 9.91. The van der Waals surface area contributed by atoms with E-state index in [2.05, 4.69) is 54.3 Å². The SMILES string of the molecule is Cc1ccc(/C=C/c2cc(N3CCC(N)CC3)nc3scc(N)c23)cc1. The van der Waals surface area contributed by atoms with Crippen molar-refractivity contribution in [2.24, 2.45) is 5.73 Å². The van der Waals surface area contributed by atoms with Crippen molar-refractivity contribution in [2.75, 3.05) is 23.7 Å². The van der Waals surface area contributed by atoms with Crippen molar-refractivity contribution >= 4 is 45.2 Å². The van der Waals surface area contributed by atoms with E-state index in [4.69, 9.17) is 16.5 Å². The van der Waals surface area contributed by atoms with E-state index in [1.807, 2.05) is 5.38 Å². The number of nitrogen functional groups attached to an aromatic ring is 1. The van der Waals surface area contributed by atoms with Crippen molar-refractivity contribution in [3.8, 4) is 0 Å². The van der Waals surface area contributed by atoms with E-state index in [0.717, 1.165) is 53.2 Å². The standard InChI is InChI=1S/C21H24N4S/c1-14-2-4-15(5-3-14)6-7-16-12-19(25-10-8-17(22)9-11-25)24-21-20(16)18(23)13-26-21/h2-7,12-13,17H,8-11,22-23H2,1H3/b7-6+. The van der Waals surface area contributed by atoms with E-state index >= 15 is 0 Å². The third-order valence-electron chi connectivity index (χ3n) is 4.99. The maximum Gasteiger partial charge on any atom is 0.130 e. The van der Waals surface area contributed by atoms with Crippen LogP contribution in [0.15, 0.2) is 35.7 Å². The highest BCUT2D eigenvalue weighted by molar-refractivity contribution is 7.17. The molecule has 1 saturated heterocycles. The van der Waals surface area contributed by atoms with Gasteiger partial charge in [0.2, 0.25) is 0 Å². The number of hydrogen-bond acceptors (Lipinski definition) is 5. The Bertz CT molecular complexity index is 935. The molecule has 0 bridgehead atoms. The molecule has 1 aromatic carbocycles. The summed E-state index contributed by atoms with van der Waals surface area (Å²) in [6.45, 7) is 4.02. The molecular weight excluding hydrogens is 340 g/mol. The van der Waals surface area contributed by atoms with E-state index in [1.165, 1.54) is 11.1 Å². The molecule has 3 aromatic rings. The fraction of sp³-hybridized carbons (Fsp3) is 0.286. The third-order valence-corrected chi connectivity index (χ3v) is 5.88. The summed E-state index contributed by atoms with van der Waals surface area (Å²) in [6.07, 6.45) is 6.32. The number of fused-ring (bicyclic) bond motifs is 1. The summed E-state index contributed by atoms with van der Waals surface area (Å²) in [5.74, 6) is 1.02. The highest BCUT2D eigenvalue weighted by atomic mass is 32.1. The van der Waals surface area contributed by atoms with Gasteiger partial charge in [-0.3, -0.25) is 0 Å². The van der Waals surface area contributed by atoms with Gasteiger partial charge >= 0.3 is 0 Å². The van der Waals surface area contributed by atoms with Crippen molar-refractivity contribution in [3.05, 3.63) is 52.4 Å². The predicted octanol–water partition coefficient (Wildman–Crippen LogP) is 4.28. The van der Waals surface area contributed by atoms with Crippen LogP contribution >= 0.6 is 11.3 Å². The Morgan fingerprint density at radius 1 is 1.15 bits per heavy atom. The number of pyridine rings is 1. The average molecular weight is 365 g/mol. The second-order valence-electron chi connectivity index (χ2n) is 7.01. The van der Waals surface area contributed by atoms with Crippen LogP contribution in [0.4, 0.5) is 11.5 Å². The van der Waals surface area contributed by atoms with Gasteiger partial charge in [0.15, 0.2) is 0 Å². The van der Waals surface area contributed by atoms with Gasteiger partial charge in [-0.25, -0.2) is 4.98 Å². The second kappa shape index (κ2) is 7.09. The minimum Gasteiger partial charge on any atom is -0.397 e. The molecule has 0 atom stereocenters. The van der Waals surface area contributed by atoms with Crippen molar-refractivity contribution < 1.29 is 0 Å². The summed E-state index contributed by atoms with van der Waals surface area (Å²) in [7, 11) is 0.